The SMILES string of the molecule is CC.COc1ccc(-c2cnsc2-c2cc(OC)c(OC)c(OC)c2)c(O)c1. The lowest BCUT2D eigenvalue weighted by atomic mass is 10.0. The summed E-state index contributed by atoms with van der Waals surface area (Å²) in [6, 6.07) is 8.90. The third kappa shape index (κ3) is 4.14. The smallest absolute Gasteiger partial charge is 0.203 e. The summed E-state index contributed by atoms with van der Waals surface area (Å²) in [5.41, 5.74) is 2.33. The van der Waals surface area contributed by atoms with Crippen molar-refractivity contribution in [2.75, 3.05) is 28.4 Å². The minimum Gasteiger partial charge on any atom is -0.507 e. The number of nitrogens with zero attached hydrogens (tertiary/aromatic N) is 1. The van der Waals surface area contributed by atoms with E-state index in [4.69, 9.17) is 18.9 Å². The number of aromatic nitrogens is 1. The van der Waals surface area contributed by atoms with Crippen molar-refractivity contribution in [1.82, 2.24) is 4.37 Å². The lowest BCUT2D eigenvalue weighted by Gasteiger charge is -2.14. The third-order valence-corrected chi connectivity index (χ3v) is 4.84. The van der Waals surface area contributed by atoms with Crippen LogP contribution in [-0.2, 0) is 0 Å². The summed E-state index contributed by atoms with van der Waals surface area (Å²) in [6.07, 6.45) is 1.73. The standard InChI is InChI=1S/C19H19NO5S.C2H6/c1-22-12-5-6-13(15(21)9-12)14-10-20-26-19(14)11-7-16(23-2)18(25-4)17(8-11)24-3;1-2/h5-10,21H,1-4H3;1-2H3. The summed E-state index contributed by atoms with van der Waals surface area (Å²) < 4.78 is 25.7. The summed E-state index contributed by atoms with van der Waals surface area (Å²) in [7, 11) is 6.27. The molecule has 28 heavy (non-hydrogen) atoms. The van der Waals surface area contributed by atoms with Gasteiger partial charge in [0, 0.05) is 29.0 Å². The summed E-state index contributed by atoms with van der Waals surface area (Å²) >= 11 is 1.32. The Bertz CT molecular complexity index is 898. The number of phenols is 1. The summed E-state index contributed by atoms with van der Waals surface area (Å²) in [6.45, 7) is 4.00. The van der Waals surface area contributed by atoms with Crippen LogP contribution in [0, 0.1) is 0 Å². The van der Waals surface area contributed by atoms with Crippen LogP contribution in [0.15, 0.2) is 36.5 Å². The van der Waals surface area contributed by atoms with E-state index in [0.29, 0.717) is 28.6 Å². The molecule has 3 rings (SSSR count). The highest BCUT2D eigenvalue weighted by atomic mass is 32.1. The maximum absolute atomic E-state index is 10.4. The first kappa shape index (κ1) is 21.4. The Labute approximate surface area is 169 Å². The monoisotopic (exact) mass is 403 g/mol. The molecule has 0 aliphatic carbocycles. The number of phenolic OH excluding ortho intramolecular Hbond substituents is 1. The molecule has 2 aromatic carbocycles. The molecule has 1 aromatic heterocycles. The van der Waals surface area contributed by atoms with Crippen molar-refractivity contribution < 1.29 is 24.1 Å². The molecular formula is C21H25NO5S. The maximum atomic E-state index is 10.4. The Hall–Kier alpha value is -2.93. The van der Waals surface area contributed by atoms with Crippen LogP contribution in [0.2, 0.25) is 0 Å². The van der Waals surface area contributed by atoms with Crippen molar-refractivity contribution in [2.24, 2.45) is 0 Å². The predicted molar refractivity (Wildman–Crippen MR) is 112 cm³/mol. The first-order valence-corrected chi connectivity index (χ1v) is 9.52. The van der Waals surface area contributed by atoms with Gasteiger partial charge in [-0.3, -0.25) is 0 Å². The number of ether oxygens (including phenoxy) is 4. The van der Waals surface area contributed by atoms with Gasteiger partial charge in [-0.05, 0) is 35.8 Å². The summed E-state index contributed by atoms with van der Waals surface area (Å²) in [5.74, 6) is 2.35. The van der Waals surface area contributed by atoms with Gasteiger partial charge < -0.3 is 24.1 Å². The van der Waals surface area contributed by atoms with Gasteiger partial charge >= 0.3 is 0 Å². The zero-order chi connectivity index (χ0) is 20.7. The fourth-order valence-corrected chi connectivity index (χ4v) is 3.47. The zero-order valence-electron chi connectivity index (χ0n) is 16.9. The van der Waals surface area contributed by atoms with Gasteiger partial charge in [-0.25, -0.2) is 0 Å². The van der Waals surface area contributed by atoms with E-state index in [1.165, 1.54) is 11.5 Å². The molecule has 0 atom stereocenters. The molecule has 150 valence electrons. The Balaban J connectivity index is 0.00000136. The first-order chi connectivity index (χ1) is 13.6. The molecule has 0 saturated carbocycles. The summed E-state index contributed by atoms with van der Waals surface area (Å²) in [5, 5.41) is 10.4. The highest BCUT2D eigenvalue weighted by molar-refractivity contribution is 7.10. The Morgan fingerprint density at radius 3 is 1.96 bits per heavy atom. The normalized spacial score (nSPS) is 9.93. The van der Waals surface area contributed by atoms with Crippen LogP contribution >= 0.6 is 11.5 Å². The third-order valence-electron chi connectivity index (χ3n) is 3.99. The zero-order valence-corrected chi connectivity index (χ0v) is 17.7. The molecule has 6 nitrogen and oxygen atoms in total. The van der Waals surface area contributed by atoms with Crippen molar-refractivity contribution >= 4 is 11.5 Å². The number of hydrogen-bond acceptors (Lipinski definition) is 7. The highest BCUT2D eigenvalue weighted by Crippen LogP contribution is 2.46. The average molecular weight is 404 g/mol. The molecule has 0 aliphatic heterocycles. The van der Waals surface area contributed by atoms with Gasteiger partial charge in [0.05, 0.1) is 33.3 Å². The van der Waals surface area contributed by atoms with Gasteiger partial charge in [0.15, 0.2) is 11.5 Å². The molecular weight excluding hydrogens is 378 g/mol. The number of aromatic hydroxyl groups is 1. The van der Waals surface area contributed by atoms with E-state index in [2.05, 4.69) is 4.37 Å². The molecule has 0 fully saturated rings. The Kier molecular flexibility index (Phi) is 7.52. The Morgan fingerprint density at radius 1 is 0.821 bits per heavy atom. The van der Waals surface area contributed by atoms with Crippen LogP contribution in [0.4, 0.5) is 0 Å². The number of methoxy groups -OCH3 is 4. The number of rotatable bonds is 6. The van der Waals surface area contributed by atoms with Gasteiger partial charge in [-0.1, -0.05) is 13.8 Å². The molecule has 0 amide bonds. The van der Waals surface area contributed by atoms with Crippen molar-refractivity contribution in [3.05, 3.63) is 36.5 Å². The average Bonchev–Trinajstić information content (AvgIpc) is 3.23. The minimum absolute atomic E-state index is 0.123. The second-order valence-corrected chi connectivity index (χ2v) is 6.17. The van der Waals surface area contributed by atoms with Crippen molar-refractivity contribution in [3.63, 3.8) is 0 Å². The molecule has 0 bridgehead atoms. The maximum Gasteiger partial charge on any atom is 0.203 e. The molecule has 0 aliphatic rings. The van der Waals surface area contributed by atoms with Crippen LogP contribution in [-0.4, -0.2) is 37.9 Å². The van der Waals surface area contributed by atoms with E-state index in [9.17, 15) is 5.11 Å². The van der Waals surface area contributed by atoms with E-state index in [1.807, 2.05) is 26.0 Å². The summed E-state index contributed by atoms with van der Waals surface area (Å²) in [4.78, 5) is 0.879. The molecule has 1 heterocycles. The van der Waals surface area contributed by atoms with Crippen LogP contribution in [0.5, 0.6) is 28.7 Å². The predicted octanol–water partition coefficient (Wildman–Crippen LogP) is 5.24. The van der Waals surface area contributed by atoms with E-state index >= 15 is 0 Å². The van der Waals surface area contributed by atoms with Crippen LogP contribution in [0.3, 0.4) is 0 Å². The molecule has 3 aromatic rings. The van der Waals surface area contributed by atoms with Gasteiger partial charge in [0.25, 0.3) is 0 Å². The Morgan fingerprint density at radius 2 is 1.46 bits per heavy atom. The molecule has 0 unspecified atom stereocenters. The van der Waals surface area contributed by atoms with Crippen LogP contribution in [0.25, 0.3) is 21.6 Å². The first-order valence-electron chi connectivity index (χ1n) is 8.75. The van der Waals surface area contributed by atoms with Gasteiger partial charge in [0.1, 0.15) is 11.5 Å². The molecule has 0 spiro atoms. The molecule has 0 saturated heterocycles. The fourth-order valence-electron chi connectivity index (χ4n) is 2.72. The topological polar surface area (TPSA) is 70.0 Å². The second kappa shape index (κ2) is 9.85. The lowest BCUT2D eigenvalue weighted by Crippen LogP contribution is -1.95. The van der Waals surface area contributed by atoms with Crippen molar-refractivity contribution in [1.29, 1.82) is 0 Å². The minimum atomic E-state index is 0.123. The highest BCUT2D eigenvalue weighted by Gasteiger charge is 2.19. The second-order valence-electron chi connectivity index (χ2n) is 5.37. The molecule has 7 heteroatoms. The van der Waals surface area contributed by atoms with Gasteiger partial charge in [-0.15, -0.1) is 0 Å². The van der Waals surface area contributed by atoms with Gasteiger partial charge in [0.2, 0.25) is 5.75 Å². The van der Waals surface area contributed by atoms with E-state index < -0.39 is 0 Å². The lowest BCUT2D eigenvalue weighted by molar-refractivity contribution is 0.324. The van der Waals surface area contributed by atoms with Crippen LogP contribution < -0.4 is 18.9 Å². The largest absolute Gasteiger partial charge is 0.507 e. The molecule has 0 radical (unpaired) electrons. The number of hydrogen-bond donors (Lipinski definition) is 1. The van der Waals surface area contributed by atoms with Crippen molar-refractivity contribution in [2.45, 2.75) is 13.8 Å². The molecule has 1 N–H and O–H groups in total. The quantitative estimate of drug-likeness (QED) is 0.607. The van der Waals surface area contributed by atoms with Crippen molar-refractivity contribution in [3.8, 4) is 50.3 Å². The van der Waals surface area contributed by atoms with E-state index in [0.717, 1.165) is 16.0 Å². The van der Waals surface area contributed by atoms with Gasteiger partial charge in [-0.2, -0.15) is 4.37 Å². The van der Waals surface area contributed by atoms with E-state index in [1.54, 1.807) is 52.8 Å². The fraction of sp³-hybridized carbons (Fsp3) is 0.286. The number of benzene rings is 2. The van der Waals surface area contributed by atoms with E-state index in [-0.39, 0.29) is 5.75 Å². The van der Waals surface area contributed by atoms with Crippen LogP contribution in [0.1, 0.15) is 13.8 Å².